The summed E-state index contributed by atoms with van der Waals surface area (Å²) in [5.74, 6) is 6.02. The molecule has 0 N–H and O–H groups in total. The third kappa shape index (κ3) is 3.51. The quantitative estimate of drug-likeness (QED) is 0.664. The Morgan fingerprint density at radius 2 is 1.96 bits per heavy atom. The molecule has 0 unspecified atom stereocenters. The molecule has 3 aromatic rings. The molecule has 0 fully saturated rings. The van der Waals surface area contributed by atoms with E-state index in [0.29, 0.717) is 18.5 Å². The molecule has 0 radical (unpaired) electrons. The molecule has 0 aliphatic carbocycles. The van der Waals surface area contributed by atoms with Crippen LogP contribution in [0.3, 0.4) is 0 Å². The summed E-state index contributed by atoms with van der Waals surface area (Å²) < 4.78 is 44.0. The molecule has 2 heterocycles. The number of benzene rings is 1. The lowest BCUT2D eigenvalue weighted by Gasteiger charge is -2.05. The molecule has 0 bridgehead atoms. The topological polar surface area (TPSA) is 38.9 Å². The van der Waals surface area contributed by atoms with Gasteiger partial charge in [-0.05, 0) is 30.2 Å². The minimum absolute atomic E-state index is 0.201. The van der Waals surface area contributed by atoms with E-state index in [1.165, 1.54) is 12.1 Å². The van der Waals surface area contributed by atoms with Crippen LogP contribution in [0.4, 0.5) is 13.2 Å². The molecular formula is C17H11F3N2O. The summed E-state index contributed by atoms with van der Waals surface area (Å²) in [6.07, 6.45) is -2.06. The number of rotatable bonds is 2. The predicted octanol–water partition coefficient (Wildman–Crippen LogP) is 4.23. The number of alkyl halides is 3. The summed E-state index contributed by atoms with van der Waals surface area (Å²) >= 11 is 0. The molecule has 0 amide bonds. The smallest absolute Gasteiger partial charge is 0.420 e. The molecule has 0 aliphatic rings. The lowest BCUT2D eigenvalue weighted by molar-refractivity contribution is -0.136. The van der Waals surface area contributed by atoms with Crippen molar-refractivity contribution in [3.8, 4) is 11.8 Å². The van der Waals surface area contributed by atoms with Gasteiger partial charge in [0.15, 0.2) is 11.5 Å². The molecule has 23 heavy (non-hydrogen) atoms. The molecule has 0 saturated heterocycles. The van der Waals surface area contributed by atoms with E-state index < -0.39 is 11.7 Å². The van der Waals surface area contributed by atoms with Gasteiger partial charge in [-0.15, -0.1) is 0 Å². The summed E-state index contributed by atoms with van der Waals surface area (Å²) in [6, 6.07) is 9.20. The number of hydrogen-bond acceptors (Lipinski definition) is 3. The number of halogens is 3. The molecular weight excluding hydrogens is 305 g/mol. The number of fused-ring (bicyclic) bond motifs is 1. The number of hydrogen-bond donors (Lipinski definition) is 0. The number of nitrogens with zero attached hydrogens (tertiary/aromatic N) is 2. The maximum atomic E-state index is 12.9. The first-order valence-electron chi connectivity index (χ1n) is 6.89. The van der Waals surface area contributed by atoms with E-state index in [-0.39, 0.29) is 17.0 Å². The number of oxazole rings is 1. The van der Waals surface area contributed by atoms with Gasteiger partial charge in [0.2, 0.25) is 0 Å². The molecule has 3 rings (SSSR count). The summed E-state index contributed by atoms with van der Waals surface area (Å²) in [5, 5.41) is 0. The van der Waals surface area contributed by atoms with Crippen molar-refractivity contribution in [1.29, 1.82) is 0 Å². The van der Waals surface area contributed by atoms with E-state index in [1.54, 1.807) is 18.3 Å². The number of pyridine rings is 1. The van der Waals surface area contributed by atoms with Crippen molar-refractivity contribution < 1.29 is 17.6 Å². The van der Waals surface area contributed by atoms with Crippen LogP contribution >= 0.6 is 0 Å². The fraction of sp³-hybridized carbons (Fsp3) is 0.176. The third-order valence-electron chi connectivity index (χ3n) is 3.11. The van der Waals surface area contributed by atoms with Crippen LogP contribution in [0.1, 0.15) is 23.6 Å². The highest BCUT2D eigenvalue weighted by molar-refractivity contribution is 5.76. The summed E-state index contributed by atoms with van der Waals surface area (Å²) in [5.41, 5.74) is -0.196. The Bertz CT molecular complexity index is 873. The van der Waals surface area contributed by atoms with Gasteiger partial charge in [0.25, 0.3) is 0 Å². The second-order valence-corrected chi connectivity index (χ2v) is 4.78. The molecule has 2 aromatic heterocycles. The molecule has 0 saturated carbocycles. The van der Waals surface area contributed by atoms with Crippen molar-refractivity contribution in [1.82, 2.24) is 9.97 Å². The Balaban J connectivity index is 1.76. The van der Waals surface area contributed by atoms with Crippen LogP contribution in [0.15, 0.2) is 47.0 Å². The second-order valence-electron chi connectivity index (χ2n) is 4.78. The average molecular weight is 316 g/mol. The van der Waals surface area contributed by atoms with Gasteiger partial charge in [0.05, 0.1) is 0 Å². The molecule has 0 atom stereocenters. The highest BCUT2D eigenvalue weighted by atomic mass is 19.4. The van der Waals surface area contributed by atoms with Gasteiger partial charge in [0, 0.05) is 19.0 Å². The van der Waals surface area contributed by atoms with Crippen LogP contribution in [0.2, 0.25) is 0 Å². The van der Waals surface area contributed by atoms with E-state index >= 15 is 0 Å². The maximum absolute atomic E-state index is 12.9. The molecule has 3 nitrogen and oxygen atoms in total. The normalized spacial score (nSPS) is 11.3. The number of aromatic nitrogens is 2. The summed E-state index contributed by atoms with van der Waals surface area (Å²) in [7, 11) is 0. The Labute approximate surface area is 130 Å². The first kappa shape index (κ1) is 15.1. The van der Waals surface area contributed by atoms with Gasteiger partial charge in [-0.2, -0.15) is 13.2 Å². The zero-order valence-corrected chi connectivity index (χ0v) is 11.9. The number of aryl methyl sites for hydroxylation is 1. The van der Waals surface area contributed by atoms with E-state index in [9.17, 15) is 13.2 Å². The fourth-order valence-corrected chi connectivity index (χ4v) is 2.08. The molecule has 6 heteroatoms. The van der Waals surface area contributed by atoms with E-state index in [2.05, 4.69) is 21.8 Å². The molecule has 0 aliphatic heterocycles. The van der Waals surface area contributed by atoms with Gasteiger partial charge in [-0.3, -0.25) is 0 Å². The lowest BCUT2D eigenvalue weighted by Crippen LogP contribution is -2.04. The molecule has 1 aromatic carbocycles. The highest BCUT2D eigenvalue weighted by Gasteiger charge is 2.34. The van der Waals surface area contributed by atoms with Gasteiger partial charge in [-0.1, -0.05) is 18.1 Å². The zero-order valence-electron chi connectivity index (χ0n) is 11.9. The molecule has 0 spiro atoms. The Morgan fingerprint density at radius 3 is 2.70 bits per heavy atom. The van der Waals surface area contributed by atoms with Gasteiger partial charge in [-0.25, -0.2) is 9.97 Å². The average Bonchev–Trinajstić information content (AvgIpc) is 2.94. The van der Waals surface area contributed by atoms with Gasteiger partial charge in [0.1, 0.15) is 16.8 Å². The largest absolute Gasteiger partial charge is 0.440 e. The van der Waals surface area contributed by atoms with Crippen LogP contribution in [0, 0.1) is 11.8 Å². The van der Waals surface area contributed by atoms with Crippen molar-refractivity contribution in [2.75, 3.05) is 0 Å². The lowest BCUT2D eigenvalue weighted by atomic mass is 10.2. The number of para-hydroxylation sites is 1. The predicted molar refractivity (Wildman–Crippen MR) is 78.4 cm³/mol. The third-order valence-corrected chi connectivity index (χ3v) is 3.11. The SMILES string of the molecule is FC(F)(F)c1cccc2nc(CCC#Cc3ccccn3)oc12. The minimum atomic E-state index is -4.46. The van der Waals surface area contributed by atoms with Gasteiger partial charge >= 0.3 is 6.18 Å². The van der Waals surface area contributed by atoms with Crippen LogP contribution in [-0.4, -0.2) is 9.97 Å². The van der Waals surface area contributed by atoms with Crippen LogP contribution in [0.25, 0.3) is 11.1 Å². The Kier molecular flexibility index (Phi) is 4.02. The van der Waals surface area contributed by atoms with Crippen LogP contribution in [-0.2, 0) is 12.6 Å². The van der Waals surface area contributed by atoms with Gasteiger partial charge < -0.3 is 4.42 Å². The first-order valence-corrected chi connectivity index (χ1v) is 6.89. The second kappa shape index (κ2) is 6.13. The van der Waals surface area contributed by atoms with Crippen molar-refractivity contribution >= 4 is 11.1 Å². The monoisotopic (exact) mass is 316 g/mol. The van der Waals surface area contributed by atoms with Crippen molar-refractivity contribution in [3.05, 3.63) is 59.7 Å². The summed E-state index contributed by atoms with van der Waals surface area (Å²) in [4.78, 5) is 8.14. The Morgan fingerprint density at radius 1 is 1.09 bits per heavy atom. The Hall–Kier alpha value is -2.81. The maximum Gasteiger partial charge on any atom is 0.420 e. The van der Waals surface area contributed by atoms with Crippen molar-refractivity contribution in [3.63, 3.8) is 0 Å². The van der Waals surface area contributed by atoms with Crippen molar-refractivity contribution in [2.24, 2.45) is 0 Å². The molecule has 116 valence electrons. The zero-order chi connectivity index (χ0) is 16.3. The van der Waals surface area contributed by atoms with Crippen molar-refractivity contribution in [2.45, 2.75) is 19.0 Å². The standard InChI is InChI=1S/C17H11F3N2O/c18-17(19,20)13-8-5-9-14-16(13)23-15(22-14)10-2-1-6-12-7-3-4-11-21-12/h3-5,7-9,11H,2,10H2. The minimum Gasteiger partial charge on any atom is -0.440 e. The fourth-order valence-electron chi connectivity index (χ4n) is 2.08. The summed E-state index contributed by atoms with van der Waals surface area (Å²) in [6.45, 7) is 0. The van der Waals surface area contributed by atoms with E-state index in [4.69, 9.17) is 4.42 Å². The highest BCUT2D eigenvalue weighted by Crippen LogP contribution is 2.35. The van der Waals surface area contributed by atoms with E-state index in [0.717, 1.165) is 6.07 Å². The van der Waals surface area contributed by atoms with E-state index in [1.807, 2.05) is 6.07 Å². The first-order chi connectivity index (χ1) is 11.0. The van der Waals surface area contributed by atoms with Crippen LogP contribution < -0.4 is 0 Å². The van der Waals surface area contributed by atoms with Crippen LogP contribution in [0.5, 0.6) is 0 Å².